The molecule has 0 fully saturated rings. The van der Waals surface area contributed by atoms with E-state index >= 15 is 0 Å². The quantitative estimate of drug-likeness (QED) is 0.672. The average Bonchev–Trinajstić information content (AvgIpc) is 2.43. The number of nitrogens with two attached hydrogens (primary N) is 1. The summed E-state index contributed by atoms with van der Waals surface area (Å²) in [7, 11) is 0. The summed E-state index contributed by atoms with van der Waals surface area (Å²) in [6, 6.07) is 3.26. The monoisotopic (exact) mass is 293 g/mol. The number of carbonyl (C=O) groups excluding carboxylic acids is 1. The van der Waals surface area contributed by atoms with E-state index in [0.29, 0.717) is 23.7 Å². The molecule has 1 rings (SSSR count). The number of carbonyl (C=O) groups is 2. The number of nitrogens with one attached hydrogen (secondary N) is 1. The minimum Gasteiger partial charge on any atom is -0.481 e. The molecule has 4 N–H and O–H groups in total. The van der Waals surface area contributed by atoms with Crippen LogP contribution in [0.2, 0.25) is 0 Å². The van der Waals surface area contributed by atoms with Crippen LogP contribution in [-0.4, -0.2) is 28.5 Å². The molecule has 0 aliphatic rings. The molecule has 0 saturated heterocycles. The van der Waals surface area contributed by atoms with Crippen LogP contribution in [0.5, 0.6) is 0 Å². The van der Waals surface area contributed by atoms with Gasteiger partial charge in [0.2, 0.25) is 0 Å². The normalized spacial score (nSPS) is 12.2. The SMILES string of the molecule is CC(C)C[C@H](CNC(=O)c1ccnc(CN)c1)CC(=O)O. The van der Waals surface area contributed by atoms with Crippen LogP contribution >= 0.6 is 0 Å². The van der Waals surface area contributed by atoms with Gasteiger partial charge in [0, 0.05) is 31.3 Å². The third-order valence-electron chi connectivity index (χ3n) is 3.11. The first-order valence-corrected chi connectivity index (χ1v) is 7.07. The molecule has 1 atom stereocenters. The van der Waals surface area contributed by atoms with Gasteiger partial charge in [0.25, 0.3) is 5.91 Å². The first-order chi connectivity index (χ1) is 9.92. The van der Waals surface area contributed by atoms with Crippen molar-refractivity contribution < 1.29 is 14.7 Å². The third kappa shape index (κ3) is 6.35. The molecule has 0 spiro atoms. The van der Waals surface area contributed by atoms with Crippen molar-refractivity contribution in [2.75, 3.05) is 6.54 Å². The van der Waals surface area contributed by atoms with E-state index in [1.807, 2.05) is 13.8 Å². The van der Waals surface area contributed by atoms with Gasteiger partial charge in [0.15, 0.2) is 0 Å². The van der Waals surface area contributed by atoms with E-state index in [9.17, 15) is 9.59 Å². The fraction of sp³-hybridized carbons (Fsp3) is 0.533. The summed E-state index contributed by atoms with van der Waals surface area (Å²) in [6.07, 6.45) is 2.36. The first-order valence-electron chi connectivity index (χ1n) is 7.07. The Labute approximate surface area is 124 Å². The van der Waals surface area contributed by atoms with E-state index in [1.165, 1.54) is 0 Å². The Morgan fingerprint density at radius 3 is 2.71 bits per heavy atom. The molecule has 6 heteroatoms. The predicted octanol–water partition coefficient (Wildman–Crippen LogP) is 1.41. The maximum atomic E-state index is 12.1. The van der Waals surface area contributed by atoms with Gasteiger partial charge < -0.3 is 16.2 Å². The second kappa shape index (κ2) is 8.36. The van der Waals surface area contributed by atoms with Gasteiger partial charge >= 0.3 is 5.97 Å². The lowest BCUT2D eigenvalue weighted by molar-refractivity contribution is -0.138. The summed E-state index contributed by atoms with van der Waals surface area (Å²) in [5.41, 5.74) is 6.63. The lowest BCUT2D eigenvalue weighted by Crippen LogP contribution is -2.31. The molecule has 0 bridgehead atoms. The van der Waals surface area contributed by atoms with Crippen LogP contribution in [0.25, 0.3) is 0 Å². The molecule has 0 saturated carbocycles. The number of aliphatic carboxylic acids is 1. The molecular formula is C15H23N3O3. The summed E-state index contributed by atoms with van der Waals surface area (Å²) in [5, 5.41) is 11.7. The topological polar surface area (TPSA) is 105 Å². The summed E-state index contributed by atoms with van der Waals surface area (Å²) in [6.45, 7) is 4.69. The van der Waals surface area contributed by atoms with Crippen LogP contribution in [0.15, 0.2) is 18.3 Å². The number of hydrogen-bond acceptors (Lipinski definition) is 4. The summed E-state index contributed by atoms with van der Waals surface area (Å²) in [5.74, 6) is -0.756. The molecule has 1 amide bonds. The molecule has 0 aliphatic carbocycles. The van der Waals surface area contributed by atoms with E-state index in [-0.39, 0.29) is 24.8 Å². The first kappa shape index (κ1) is 17.1. The molecule has 116 valence electrons. The van der Waals surface area contributed by atoms with Crippen molar-refractivity contribution in [3.63, 3.8) is 0 Å². The number of aromatic nitrogens is 1. The Morgan fingerprint density at radius 1 is 1.43 bits per heavy atom. The van der Waals surface area contributed by atoms with Gasteiger partial charge in [-0.3, -0.25) is 14.6 Å². The second-order valence-corrected chi connectivity index (χ2v) is 5.54. The maximum Gasteiger partial charge on any atom is 0.303 e. The highest BCUT2D eigenvalue weighted by molar-refractivity contribution is 5.94. The smallest absolute Gasteiger partial charge is 0.303 e. The number of carboxylic acid groups (broad SMARTS) is 1. The minimum atomic E-state index is -0.843. The van der Waals surface area contributed by atoms with Crippen molar-refractivity contribution in [1.82, 2.24) is 10.3 Å². The highest BCUT2D eigenvalue weighted by Crippen LogP contribution is 2.15. The Bertz CT molecular complexity index is 489. The van der Waals surface area contributed by atoms with Gasteiger partial charge in [0.1, 0.15) is 0 Å². The van der Waals surface area contributed by atoms with Gasteiger partial charge in [-0.15, -0.1) is 0 Å². The van der Waals surface area contributed by atoms with E-state index in [0.717, 1.165) is 6.42 Å². The van der Waals surface area contributed by atoms with Crippen molar-refractivity contribution in [2.45, 2.75) is 33.2 Å². The largest absolute Gasteiger partial charge is 0.481 e. The van der Waals surface area contributed by atoms with E-state index in [1.54, 1.807) is 18.3 Å². The van der Waals surface area contributed by atoms with E-state index < -0.39 is 5.97 Å². The number of hydrogen-bond donors (Lipinski definition) is 3. The zero-order chi connectivity index (χ0) is 15.8. The Kier molecular flexibility index (Phi) is 6.81. The molecule has 0 aromatic carbocycles. The standard InChI is InChI=1S/C15H23N3O3/c1-10(2)5-11(6-14(19)20)9-18-15(21)12-3-4-17-13(7-12)8-16/h3-4,7,10-11H,5-6,8-9,16H2,1-2H3,(H,18,21)(H,19,20)/t11-/m0/s1. The highest BCUT2D eigenvalue weighted by Gasteiger charge is 2.16. The Balaban J connectivity index is 2.61. The van der Waals surface area contributed by atoms with Crippen LogP contribution in [0.1, 0.15) is 42.7 Å². The molecule has 21 heavy (non-hydrogen) atoms. The lowest BCUT2D eigenvalue weighted by Gasteiger charge is -2.17. The minimum absolute atomic E-state index is 0.0584. The Morgan fingerprint density at radius 2 is 2.14 bits per heavy atom. The third-order valence-corrected chi connectivity index (χ3v) is 3.11. The van der Waals surface area contributed by atoms with Gasteiger partial charge in [-0.1, -0.05) is 13.8 Å². The molecule has 1 aromatic heterocycles. The van der Waals surface area contributed by atoms with Crippen molar-refractivity contribution in [3.05, 3.63) is 29.6 Å². The Hall–Kier alpha value is -1.95. The summed E-state index contributed by atoms with van der Waals surface area (Å²) < 4.78 is 0. The molecule has 0 aliphatic heterocycles. The molecule has 6 nitrogen and oxygen atoms in total. The zero-order valence-corrected chi connectivity index (χ0v) is 12.5. The van der Waals surface area contributed by atoms with Crippen molar-refractivity contribution in [2.24, 2.45) is 17.6 Å². The summed E-state index contributed by atoms with van der Waals surface area (Å²) >= 11 is 0. The van der Waals surface area contributed by atoms with Gasteiger partial charge in [-0.2, -0.15) is 0 Å². The number of rotatable bonds is 8. The molecule has 0 radical (unpaired) electrons. The molecular weight excluding hydrogens is 270 g/mol. The number of nitrogens with zero attached hydrogens (tertiary/aromatic N) is 1. The van der Waals surface area contributed by atoms with Crippen LogP contribution in [0.3, 0.4) is 0 Å². The van der Waals surface area contributed by atoms with Crippen LogP contribution < -0.4 is 11.1 Å². The van der Waals surface area contributed by atoms with Gasteiger partial charge in [0.05, 0.1) is 5.69 Å². The number of pyridine rings is 1. The van der Waals surface area contributed by atoms with Crippen molar-refractivity contribution >= 4 is 11.9 Å². The van der Waals surface area contributed by atoms with Gasteiger partial charge in [-0.05, 0) is 30.4 Å². The zero-order valence-electron chi connectivity index (χ0n) is 12.5. The lowest BCUT2D eigenvalue weighted by atomic mass is 9.94. The second-order valence-electron chi connectivity index (χ2n) is 5.54. The van der Waals surface area contributed by atoms with E-state index in [2.05, 4.69) is 10.3 Å². The highest BCUT2D eigenvalue weighted by atomic mass is 16.4. The van der Waals surface area contributed by atoms with E-state index in [4.69, 9.17) is 10.8 Å². The fourth-order valence-corrected chi connectivity index (χ4v) is 2.22. The van der Waals surface area contributed by atoms with Crippen LogP contribution in [-0.2, 0) is 11.3 Å². The molecule has 1 aromatic rings. The summed E-state index contributed by atoms with van der Waals surface area (Å²) in [4.78, 5) is 26.9. The fourth-order valence-electron chi connectivity index (χ4n) is 2.22. The van der Waals surface area contributed by atoms with Crippen LogP contribution in [0, 0.1) is 11.8 Å². The van der Waals surface area contributed by atoms with Crippen LogP contribution in [0.4, 0.5) is 0 Å². The van der Waals surface area contributed by atoms with Crippen molar-refractivity contribution in [1.29, 1.82) is 0 Å². The predicted molar refractivity (Wildman–Crippen MR) is 79.7 cm³/mol. The average molecular weight is 293 g/mol. The molecule has 0 unspecified atom stereocenters. The maximum absolute atomic E-state index is 12.1. The molecule has 1 heterocycles. The number of carboxylic acids is 1. The van der Waals surface area contributed by atoms with Crippen molar-refractivity contribution in [3.8, 4) is 0 Å². The number of amides is 1. The van der Waals surface area contributed by atoms with Gasteiger partial charge in [-0.25, -0.2) is 0 Å².